The summed E-state index contributed by atoms with van der Waals surface area (Å²) in [6.07, 6.45) is 5.94. The lowest BCUT2D eigenvalue weighted by atomic mass is 10.0. The molecule has 10 nitrogen and oxygen atoms in total. The molecule has 0 aliphatic rings. The van der Waals surface area contributed by atoms with Gasteiger partial charge in [0, 0.05) is 30.8 Å². The highest BCUT2D eigenvalue weighted by Gasteiger charge is 2.25. The summed E-state index contributed by atoms with van der Waals surface area (Å²) in [5, 5.41) is 26.8. The van der Waals surface area contributed by atoms with Gasteiger partial charge in [-0.3, -0.25) is 0 Å². The van der Waals surface area contributed by atoms with E-state index in [-0.39, 0.29) is 11.3 Å². The molecule has 0 aliphatic heterocycles. The third kappa shape index (κ3) is 5.15. The fraction of sp³-hybridized carbons (Fsp3) is 0.214. The molecule has 0 amide bonds. The number of carbonyl (C=O) groups excluding carboxylic acids is 1. The number of pyridine rings is 1. The highest BCUT2D eigenvalue weighted by Crippen LogP contribution is 2.25. The molecular weight excluding hydrogens is 482 g/mol. The first-order chi connectivity index (χ1) is 18.6. The standard InChI is InChI=1S/C28H27N7O3/c1-3-4-7-25-29-24(26-23(28(36)38-2)6-5-16-35(26)37)18-34(25)17-19-8-10-20(11-9-19)21-12-14-22(15-13-21)27-30-32-33-31-27/h5-6,8-16,18H,3-4,7,17H2,1-2H3,(H,30,31,32,33). The van der Waals surface area contributed by atoms with Crippen LogP contribution < -0.4 is 4.73 Å². The Labute approximate surface area is 219 Å². The van der Waals surface area contributed by atoms with Gasteiger partial charge in [-0.05, 0) is 34.4 Å². The van der Waals surface area contributed by atoms with Crippen LogP contribution in [0.1, 0.15) is 41.5 Å². The number of H-pyrrole nitrogens is 1. The van der Waals surface area contributed by atoms with Crippen LogP contribution in [0.5, 0.6) is 0 Å². The number of tetrazole rings is 1. The lowest BCUT2D eigenvalue weighted by Gasteiger charge is -2.09. The van der Waals surface area contributed by atoms with Crippen molar-refractivity contribution in [3.63, 3.8) is 0 Å². The Bertz CT molecular complexity index is 1530. The number of unbranched alkanes of at least 4 members (excludes halogenated alkanes) is 1. The lowest BCUT2D eigenvalue weighted by Crippen LogP contribution is -2.31. The van der Waals surface area contributed by atoms with E-state index in [1.807, 2.05) is 35.0 Å². The van der Waals surface area contributed by atoms with Gasteiger partial charge in [0.2, 0.25) is 5.82 Å². The molecule has 0 radical (unpaired) electrons. The van der Waals surface area contributed by atoms with Crippen LogP contribution in [-0.4, -0.2) is 43.3 Å². The SMILES string of the molecule is CCCCc1nc(-c2c(C(=O)OC)ccc[n+]2[O-])cn1Cc1ccc(-c2ccc(-c3nn[nH]n3)cc2)cc1. The number of nitrogens with zero attached hydrogens (tertiary/aromatic N) is 6. The fourth-order valence-electron chi connectivity index (χ4n) is 4.35. The van der Waals surface area contributed by atoms with Gasteiger partial charge in [-0.1, -0.05) is 61.9 Å². The van der Waals surface area contributed by atoms with Crippen molar-refractivity contribution in [1.29, 1.82) is 0 Å². The van der Waals surface area contributed by atoms with Crippen molar-refractivity contribution in [2.75, 3.05) is 7.11 Å². The van der Waals surface area contributed by atoms with Gasteiger partial charge < -0.3 is 14.5 Å². The smallest absolute Gasteiger partial charge is 0.344 e. The Morgan fingerprint density at radius 2 is 1.76 bits per heavy atom. The summed E-state index contributed by atoms with van der Waals surface area (Å²) in [7, 11) is 1.30. The molecule has 0 bridgehead atoms. The number of aromatic nitrogens is 7. The third-order valence-corrected chi connectivity index (χ3v) is 6.35. The van der Waals surface area contributed by atoms with Gasteiger partial charge in [-0.15, -0.1) is 10.2 Å². The van der Waals surface area contributed by atoms with E-state index in [2.05, 4.69) is 51.8 Å². The number of rotatable bonds is 9. The number of hydrogen-bond acceptors (Lipinski definition) is 7. The quantitative estimate of drug-likeness (QED) is 0.179. The molecule has 38 heavy (non-hydrogen) atoms. The van der Waals surface area contributed by atoms with E-state index in [9.17, 15) is 10.0 Å². The van der Waals surface area contributed by atoms with Crippen LogP contribution >= 0.6 is 0 Å². The third-order valence-electron chi connectivity index (χ3n) is 6.35. The molecule has 0 atom stereocenters. The maximum atomic E-state index is 12.7. The largest absolute Gasteiger partial charge is 0.618 e. The van der Waals surface area contributed by atoms with Crippen molar-refractivity contribution in [2.24, 2.45) is 0 Å². The molecule has 0 aliphatic carbocycles. The molecule has 3 heterocycles. The van der Waals surface area contributed by atoms with Gasteiger partial charge in [0.1, 0.15) is 11.4 Å². The van der Waals surface area contributed by atoms with Crippen molar-refractivity contribution in [3.8, 4) is 33.9 Å². The molecule has 1 N–H and O–H groups in total. The normalized spacial score (nSPS) is 11.0. The van der Waals surface area contributed by atoms with Crippen LogP contribution in [0.25, 0.3) is 33.9 Å². The number of hydrogen-bond donors (Lipinski definition) is 1. The molecule has 0 unspecified atom stereocenters. The Morgan fingerprint density at radius 1 is 1.05 bits per heavy atom. The second-order valence-corrected chi connectivity index (χ2v) is 8.87. The minimum absolute atomic E-state index is 0.186. The van der Waals surface area contributed by atoms with Crippen molar-refractivity contribution in [1.82, 2.24) is 30.2 Å². The van der Waals surface area contributed by atoms with Crippen LogP contribution in [0.3, 0.4) is 0 Å². The summed E-state index contributed by atoms with van der Waals surface area (Å²) in [6, 6.07) is 19.4. The number of benzene rings is 2. The van der Waals surface area contributed by atoms with Crippen LogP contribution in [0, 0.1) is 5.21 Å². The van der Waals surface area contributed by atoms with E-state index in [0.29, 0.717) is 22.8 Å². The highest BCUT2D eigenvalue weighted by molar-refractivity contribution is 5.94. The first kappa shape index (κ1) is 24.8. The minimum Gasteiger partial charge on any atom is -0.618 e. The van der Waals surface area contributed by atoms with Crippen LogP contribution in [0.2, 0.25) is 0 Å². The number of methoxy groups -OCH3 is 1. The molecule has 5 aromatic rings. The second-order valence-electron chi connectivity index (χ2n) is 8.87. The summed E-state index contributed by atoms with van der Waals surface area (Å²) in [5.41, 5.74) is 4.98. The molecular formula is C28H27N7O3. The van der Waals surface area contributed by atoms with E-state index < -0.39 is 5.97 Å². The first-order valence-corrected chi connectivity index (χ1v) is 12.4. The Kier molecular flexibility index (Phi) is 7.21. The van der Waals surface area contributed by atoms with Gasteiger partial charge in [-0.25, -0.2) is 9.78 Å². The highest BCUT2D eigenvalue weighted by atomic mass is 16.5. The number of carbonyl (C=O) groups is 1. The van der Waals surface area contributed by atoms with Crippen LogP contribution in [0.4, 0.5) is 0 Å². The van der Waals surface area contributed by atoms with Gasteiger partial charge in [0.25, 0.3) is 5.69 Å². The Hall–Kier alpha value is -4.86. The number of aryl methyl sites for hydroxylation is 1. The predicted octanol–water partition coefficient (Wildman–Crippen LogP) is 4.21. The lowest BCUT2D eigenvalue weighted by molar-refractivity contribution is -0.594. The van der Waals surface area contributed by atoms with E-state index in [1.54, 1.807) is 6.07 Å². The van der Waals surface area contributed by atoms with Crippen molar-refractivity contribution >= 4 is 5.97 Å². The zero-order valence-corrected chi connectivity index (χ0v) is 21.2. The average molecular weight is 510 g/mol. The molecule has 0 saturated heterocycles. The number of ether oxygens (including phenoxy) is 1. The molecule has 2 aromatic carbocycles. The molecule has 0 saturated carbocycles. The summed E-state index contributed by atoms with van der Waals surface area (Å²) >= 11 is 0. The van der Waals surface area contributed by atoms with E-state index in [0.717, 1.165) is 47.3 Å². The topological polar surface area (TPSA) is 126 Å². The number of esters is 1. The molecule has 0 spiro atoms. The predicted molar refractivity (Wildman–Crippen MR) is 141 cm³/mol. The maximum Gasteiger partial charge on any atom is 0.344 e. The van der Waals surface area contributed by atoms with Crippen LogP contribution in [0.15, 0.2) is 73.1 Å². The van der Waals surface area contributed by atoms with Crippen LogP contribution in [-0.2, 0) is 17.7 Å². The number of nitrogens with one attached hydrogen (secondary N) is 1. The average Bonchev–Trinajstić information content (AvgIpc) is 3.62. The van der Waals surface area contributed by atoms with Gasteiger partial charge >= 0.3 is 5.97 Å². The zero-order valence-electron chi connectivity index (χ0n) is 21.2. The number of aromatic amines is 1. The summed E-state index contributed by atoms with van der Waals surface area (Å²) in [5.74, 6) is 0.848. The monoisotopic (exact) mass is 509 g/mol. The number of imidazole rings is 1. The van der Waals surface area contributed by atoms with Crippen molar-refractivity contribution < 1.29 is 14.3 Å². The summed E-state index contributed by atoms with van der Waals surface area (Å²) in [6.45, 7) is 2.71. The fourth-order valence-corrected chi connectivity index (χ4v) is 4.35. The first-order valence-electron chi connectivity index (χ1n) is 12.4. The van der Waals surface area contributed by atoms with Gasteiger partial charge in [0.05, 0.1) is 7.11 Å². The molecule has 10 heteroatoms. The Morgan fingerprint density at radius 3 is 2.42 bits per heavy atom. The van der Waals surface area contributed by atoms with E-state index >= 15 is 0 Å². The van der Waals surface area contributed by atoms with E-state index in [1.165, 1.54) is 19.4 Å². The van der Waals surface area contributed by atoms with Crippen molar-refractivity contribution in [2.45, 2.75) is 32.7 Å². The maximum absolute atomic E-state index is 12.7. The molecule has 192 valence electrons. The Balaban J connectivity index is 1.41. The zero-order chi connectivity index (χ0) is 26.5. The molecule has 3 aromatic heterocycles. The second kappa shape index (κ2) is 11.0. The minimum atomic E-state index is -0.573. The van der Waals surface area contributed by atoms with Gasteiger partial charge in [-0.2, -0.15) is 9.94 Å². The summed E-state index contributed by atoms with van der Waals surface area (Å²) < 4.78 is 7.61. The molecule has 0 fully saturated rings. The summed E-state index contributed by atoms with van der Waals surface area (Å²) in [4.78, 5) is 17.1. The van der Waals surface area contributed by atoms with Crippen molar-refractivity contribution in [3.05, 3.63) is 95.2 Å². The van der Waals surface area contributed by atoms with E-state index in [4.69, 9.17) is 9.72 Å². The van der Waals surface area contributed by atoms with Gasteiger partial charge in [0.15, 0.2) is 11.9 Å². The molecule has 5 rings (SSSR count).